The van der Waals surface area contributed by atoms with Crippen LogP contribution in [-0.4, -0.2) is 37.0 Å². The predicted octanol–water partition coefficient (Wildman–Crippen LogP) is -1.09. The second kappa shape index (κ2) is 6.02. The molecule has 1 heterocycles. The minimum atomic E-state index is -1.13. The molecule has 0 aliphatic carbocycles. The third-order valence-electron chi connectivity index (χ3n) is 2.92. The molecule has 0 bridgehead atoms. The van der Waals surface area contributed by atoms with Gasteiger partial charge in [-0.05, 0) is 23.2 Å². The minimum absolute atomic E-state index is 0.123. The standard InChI is InChI=1S/C12H14BFN2O4/c1-7(17)15-2-3-16-12(18)9-5-10-8(4-11(9)14)6-20-13(10)19/h4-5,19H,2-3,6H2,1H3,(H,15,17)(H,16,18). The Bertz CT molecular complexity index is 553. The second-order valence-corrected chi connectivity index (χ2v) is 4.43. The Morgan fingerprint density at radius 3 is 2.80 bits per heavy atom. The molecule has 0 spiro atoms. The number of rotatable bonds is 4. The fraction of sp³-hybridized carbons (Fsp3) is 0.333. The summed E-state index contributed by atoms with van der Waals surface area (Å²) >= 11 is 0. The lowest BCUT2D eigenvalue weighted by molar-refractivity contribution is -0.118. The molecule has 3 N–H and O–H groups in total. The van der Waals surface area contributed by atoms with Crippen molar-refractivity contribution in [2.75, 3.05) is 13.1 Å². The molecule has 0 aromatic heterocycles. The van der Waals surface area contributed by atoms with E-state index in [-0.39, 0.29) is 31.2 Å². The van der Waals surface area contributed by atoms with Gasteiger partial charge in [-0.3, -0.25) is 9.59 Å². The molecule has 20 heavy (non-hydrogen) atoms. The van der Waals surface area contributed by atoms with Crippen LogP contribution in [0.2, 0.25) is 0 Å². The van der Waals surface area contributed by atoms with E-state index in [0.717, 1.165) is 0 Å². The first-order chi connectivity index (χ1) is 9.49. The van der Waals surface area contributed by atoms with Crippen LogP contribution in [0.1, 0.15) is 22.8 Å². The molecule has 0 fully saturated rings. The molecule has 0 saturated heterocycles. The molecule has 1 aromatic carbocycles. The molecule has 2 amide bonds. The predicted molar refractivity (Wildman–Crippen MR) is 69.8 cm³/mol. The zero-order valence-corrected chi connectivity index (χ0v) is 10.9. The fourth-order valence-corrected chi connectivity index (χ4v) is 1.93. The van der Waals surface area contributed by atoms with E-state index in [0.29, 0.717) is 11.0 Å². The third-order valence-corrected chi connectivity index (χ3v) is 2.92. The van der Waals surface area contributed by atoms with Crippen molar-refractivity contribution in [1.82, 2.24) is 10.6 Å². The average Bonchev–Trinajstić information content (AvgIpc) is 2.74. The molecule has 0 atom stereocenters. The van der Waals surface area contributed by atoms with Gasteiger partial charge < -0.3 is 20.3 Å². The van der Waals surface area contributed by atoms with Gasteiger partial charge in [0.15, 0.2) is 0 Å². The molecule has 1 aromatic rings. The lowest BCUT2D eigenvalue weighted by Gasteiger charge is -2.08. The Hall–Kier alpha value is -1.93. The van der Waals surface area contributed by atoms with Crippen LogP contribution in [0.3, 0.4) is 0 Å². The molecular weight excluding hydrogens is 266 g/mol. The Morgan fingerprint density at radius 2 is 2.10 bits per heavy atom. The minimum Gasteiger partial charge on any atom is -0.423 e. The van der Waals surface area contributed by atoms with Gasteiger partial charge in [0.05, 0.1) is 12.2 Å². The highest BCUT2D eigenvalue weighted by molar-refractivity contribution is 6.61. The first kappa shape index (κ1) is 14.5. The lowest BCUT2D eigenvalue weighted by Crippen LogP contribution is -2.35. The van der Waals surface area contributed by atoms with Gasteiger partial charge in [0.2, 0.25) is 5.91 Å². The van der Waals surface area contributed by atoms with Crippen molar-refractivity contribution in [1.29, 1.82) is 0 Å². The maximum atomic E-state index is 13.8. The van der Waals surface area contributed by atoms with Crippen LogP contribution in [-0.2, 0) is 16.1 Å². The van der Waals surface area contributed by atoms with Crippen molar-refractivity contribution in [3.8, 4) is 0 Å². The number of carbonyl (C=O) groups excluding carboxylic acids is 2. The van der Waals surface area contributed by atoms with Gasteiger partial charge in [0.25, 0.3) is 5.91 Å². The zero-order valence-electron chi connectivity index (χ0n) is 10.9. The highest BCUT2D eigenvalue weighted by atomic mass is 19.1. The van der Waals surface area contributed by atoms with Gasteiger partial charge in [-0.2, -0.15) is 0 Å². The van der Waals surface area contributed by atoms with E-state index in [9.17, 15) is 19.0 Å². The van der Waals surface area contributed by atoms with Crippen molar-refractivity contribution in [3.05, 3.63) is 29.1 Å². The topological polar surface area (TPSA) is 87.7 Å². The van der Waals surface area contributed by atoms with Crippen LogP contribution in [0.25, 0.3) is 0 Å². The Balaban J connectivity index is 2.03. The number of nitrogens with one attached hydrogen (secondary N) is 2. The van der Waals surface area contributed by atoms with E-state index in [1.54, 1.807) is 0 Å². The van der Waals surface area contributed by atoms with Crippen LogP contribution in [0.15, 0.2) is 12.1 Å². The van der Waals surface area contributed by atoms with Gasteiger partial charge in [-0.15, -0.1) is 0 Å². The summed E-state index contributed by atoms with van der Waals surface area (Å²) in [6.45, 7) is 1.94. The monoisotopic (exact) mass is 280 g/mol. The quantitative estimate of drug-likeness (QED) is 0.483. The maximum absolute atomic E-state index is 13.8. The van der Waals surface area contributed by atoms with E-state index in [4.69, 9.17) is 4.65 Å². The summed E-state index contributed by atoms with van der Waals surface area (Å²) in [5, 5.41) is 14.5. The van der Waals surface area contributed by atoms with E-state index in [1.807, 2.05) is 0 Å². The van der Waals surface area contributed by atoms with Crippen molar-refractivity contribution in [2.45, 2.75) is 13.5 Å². The number of hydrogen-bond donors (Lipinski definition) is 3. The Labute approximate surface area is 115 Å². The van der Waals surface area contributed by atoms with Crippen LogP contribution in [0.4, 0.5) is 4.39 Å². The van der Waals surface area contributed by atoms with Crippen LogP contribution in [0, 0.1) is 5.82 Å². The highest BCUT2D eigenvalue weighted by Gasteiger charge is 2.29. The number of carbonyl (C=O) groups is 2. The van der Waals surface area contributed by atoms with Gasteiger partial charge >= 0.3 is 7.12 Å². The first-order valence-corrected chi connectivity index (χ1v) is 6.13. The van der Waals surface area contributed by atoms with Gasteiger partial charge in [-0.1, -0.05) is 0 Å². The lowest BCUT2D eigenvalue weighted by atomic mass is 9.78. The molecule has 1 aliphatic heterocycles. The smallest absolute Gasteiger partial charge is 0.423 e. The molecule has 106 valence electrons. The zero-order chi connectivity index (χ0) is 14.7. The Kier molecular flexibility index (Phi) is 4.36. The normalized spacial score (nSPS) is 13.1. The molecule has 8 heteroatoms. The largest absolute Gasteiger partial charge is 0.491 e. The van der Waals surface area contributed by atoms with Crippen molar-refractivity contribution < 1.29 is 23.7 Å². The van der Waals surface area contributed by atoms with Crippen LogP contribution >= 0.6 is 0 Å². The number of amides is 2. The van der Waals surface area contributed by atoms with Gasteiger partial charge in [0, 0.05) is 20.0 Å². The summed E-state index contributed by atoms with van der Waals surface area (Å²) in [4.78, 5) is 22.5. The van der Waals surface area contributed by atoms with Crippen molar-refractivity contribution in [3.63, 3.8) is 0 Å². The van der Waals surface area contributed by atoms with Crippen LogP contribution < -0.4 is 16.1 Å². The van der Waals surface area contributed by atoms with Crippen molar-refractivity contribution >= 4 is 24.4 Å². The molecule has 6 nitrogen and oxygen atoms in total. The maximum Gasteiger partial charge on any atom is 0.491 e. The number of fused-ring (bicyclic) bond motifs is 1. The second-order valence-electron chi connectivity index (χ2n) is 4.43. The van der Waals surface area contributed by atoms with E-state index in [1.165, 1.54) is 19.1 Å². The number of hydrogen-bond acceptors (Lipinski definition) is 4. The fourth-order valence-electron chi connectivity index (χ4n) is 1.93. The Morgan fingerprint density at radius 1 is 1.40 bits per heavy atom. The first-order valence-electron chi connectivity index (χ1n) is 6.13. The average molecular weight is 280 g/mol. The van der Waals surface area contributed by atoms with Gasteiger partial charge in [-0.25, -0.2) is 4.39 Å². The number of benzene rings is 1. The summed E-state index contributed by atoms with van der Waals surface area (Å²) < 4.78 is 18.7. The molecular formula is C12H14BFN2O4. The summed E-state index contributed by atoms with van der Waals surface area (Å²) in [5.41, 5.74) is 0.777. The summed E-state index contributed by atoms with van der Waals surface area (Å²) in [6, 6.07) is 2.48. The summed E-state index contributed by atoms with van der Waals surface area (Å²) in [6.07, 6.45) is 0. The van der Waals surface area contributed by atoms with E-state index >= 15 is 0 Å². The van der Waals surface area contributed by atoms with E-state index in [2.05, 4.69) is 10.6 Å². The van der Waals surface area contributed by atoms with Crippen LogP contribution in [0.5, 0.6) is 0 Å². The SMILES string of the molecule is CC(=O)NCCNC(=O)c1cc2c(cc1F)COB2O. The summed E-state index contributed by atoms with van der Waals surface area (Å²) in [5.74, 6) is -1.48. The summed E-state index contributed by atoms with van der Waals surface area (Å²) in [7, 11) is -1.13. The molecule has 0 unspecified atom stereocenters. The van der Waals surface area contributed by atoms with Crippen molar-refractivity contribution in [2.24, 2.45) is 0 Å². The molecule has 1 aliphatic rings. The molecule has 2 rings (SSSR count). The van der Waals surface area contributed by atoms with Gasteiger partial charge in [0.1, 0.15) is 5.82 Å². The molecule has 0 saturated carbocycles. The highest BCUT2D eigenvalue weighted by Crippen LogP contribution is 2.15. The third kappa shape index (κ3) is 3.15. The molecule has 0 radical (unpaired) electrons. The number of halogens is 1. The van der Waals surface area contributed by atoms with E-state index < -0.39 is 18.8 Å².